The third kappa shape index (κ3) is 5.43. The molecular weight excluding hydrogens is 284 g/mol. The molecule has 0 saturated carbocycles. The van der Waals surface area contributed by atoms with Crippen LogP contribution in [-0.4, -0.2) is 36.7 Å². The molecule has 1 rings (SSSR count). The predicted octanol–water partition coefficient (Wildman–Crippen LogP) is 3.85. The standard InChI is InChI=1S/C16H28O4Si/c1-6-14(2)15-8-10-16(11-9-15)20-12-7-13-21(17-3,18-4)19-5/h8-11,14H,6-7,12-13H2,1-5H3. The number of hydrogen-bond donors (Lipinski definition) is 0. The van der Waals surface area contributed by atoms with Crippen molar-refractivity contribution in [1.29, 1.82) is 0 Å². The fourth-order valence-electron chi connectivity index (χ4n) is 2.16. The van der Waals surface area contributed by atoms with Crippen LogP contribution in [0.1, 0.15) is 38.2 Å². The Kier molecular flexibility index (Phi) is 7.96. The second-order valence-corrected chi connectivity index (χ2v) is 8.22. The molecular formula is C16H28O4Si. The Morgan fingerprint density at radius 2 is 1.57 bits per heavy atom. The van der Waals surface area contributed by atoms with E-state index in [0.717, 1.165) is 24.6 Å². The summed E-state index contributed by atoms with van der Waals surface area (Å²) in [4.78, 5) is 0. The molecule has 0 aromatic heterocycles. The summed E-state index contributed by atoms with van der Waals surface area (Å²) in [6.07, 6.45) is 1.99. The van der Waals surface area contributed by atoms with Gasteiger partial charge in [-0.2, -0.15) is 0 Å². The summed E-state index contributed by atoms with van der Waals surface area (Å²) < 4.78 is 21.9. The van der Waals surface area contributed by atoms with Gasteiger partial charge in [0.05, 0.1) is 6.61 Å². The summed E-state index contributed by atoms with van der Waals surface area (Å²) in [5.41, 5.74) is 1.36. The van der Waals surface area contributed by atoms with Crippen LogP contribution in [0.3, 0.4) is 0 Å². The van der Waals surface area contributed by atoms with Crippen molar-refractivity contribution < 1.29 is 18.0 Å². The van der Waals surface area contributed by atoms with Gasteiger partial charge in [0.2, 0.25) is 0 Å². The van der Waals surface area contributed by atoms with Crippen LogP contribution in [-0.2, 0) is 13.3 Å². The van der Waals surface area contributed by atoms with Crippen LogP contribution >= 0.6 is 0 Å². The summed E-state index contributed by atoms with van der Waals surface area (Å²) >= 11 is 0. The highest BCUT2D eigenvalue weighted by atomic mass is 28.4. The number of benzene rings is 1. The van der Waals surface area contributed by atoms with Gasteiger partial charge in [0.15, 0.2) is 0 Å². The Morgan fingerprint density at radius 3 is 2.05 bits per heavy atom. The van der Waals surface area contributed by atoms with Gasteiger partial charge in [-0.1, -0.05) is 26.0 Å². The van der Waals surface area contributed by atoms with E-state index in [1.807, 2.05) is 12.1 Å². The molecule has 1 atom stereocenters. The minimum Gasteiger partial charge on any atom is -0.494 e. The van der Waals surface area contributed by atoms with E-state index in [9.17, 15) is 0 Å². The molecule has 0 saturated heterocycles. The SMILES string of the molecule is CCC(C)c1ccc(OCCC[Si](OC)(OC)OC)cc1. The first-order valence-corrected chi connectivity index (χ1v) is 9.42. The lowest BCUT2D eigenvalue weighted by atomic mass is 9.99. The van der Waals surface area contributed by atoms with Crippen molar-refractivity contribution in [2.24, 2.45) is 0 Å². The van der Waals surface area contributed by atoms with Crippen LogP contribution in [0, 0.1) is 0 Å². The lowest BCUT2D eigenvalue weighted by Gasteiger charge is -2.24. The van der Waals surface area contributed by atoms with Crippen molar-refractivity contribution in [2.75, 3.05) is 27.9 Å². The molecule has 1 unspecified atom stereocenters. The fraction of sp³-hybridized carbons (Fsp3) is 0.625. The molecule has 4 nitrogen and oxygen atoms in total. The van der Waals surface area contributed by atoms with E-state index in [-0.39, 0.29) is 0 Å². The zero-order valence-corrected chi connectivity index (χ0v) is 14.8. The fourth-order valence-corrected chi connectivity index (χ4v) is 3.85. The third-order valence-electron chi connectivity index (χ3n) is 3.89. The van der Waals surface area contributed by atoms with E-state index in [1.54, 1.807) is 21.3 Å². The Labute approximate surface area is 129 Å². The second kappa shape index (κ2) is 9.20. The van der Waals surface area contributed by atoms with E-state index in [1.165, 1.54) is 5.56 Å². The van der Waals surface area contributed by atoms with E-state index < -0.39 is 8.80 Å². The zero-order chi connectivity index (χ0) is 15.7. The van der Waals surface area contributed by atoms with Crippen LogP contribution < -0.4 is 4.74 Å². The van der Waals surface area contributed by atoms with Crippen LogP contribution in [0.25, 0.3) is 0 Å². The molecule has 0 heterocycles. The van der Waals surface area contributed by atoms with Crippen LogP contribution in [0.4, 0.5) is 0 Å². The van der Waals surface area contributed by atoms with Gasteiger partial charge in [-0.15, -0.1) is 0 Å². The van der Waals surface area contributed by atoms with Crippen molar-refractivity contribution in [3.8, 4) is 5.75 Å². The zero-order valence-electron chi connectivity index (χ0n) is 13.8. The molecule has 0 fully saturated rings. The summed E-state index contributed by atoms with van der Waals surface area (Å²) in [6.45, 7) is 5.07. The van der Waals surface area contributed by atoms with E-state index in [0.29, 0.717) is 12.5 Å². The van der Waals surface area contributed by atoms with E-state index >= 15 is 0 Å². The molecule has 0 N–H and O–H groups in total. The highest BCUT2D eigenvalue weighted by molar-refractivity contribution is 6.60. The van der Waals surface area contributed by atoms with Gasteiger partial charge in [-0.25, -0.2) is 0 Å². The normalized spacial score (nSPS) is 13.2. The molecule has 5 heteroatoms. The highest BCUT2D eigenvalue weighted by Crippen LogP contribution is 2.22. The topological polar surface area (TPSA) is 36.9 Å². The van der Waals surface area contributed by atoms with Gasteiger partial charge in [0.25, 0.3) is 0 Å². The minimum absolute atomic E-state index is 0.593. The summed E-state index contributed by atoms with van der Waals surface area (Å²) in [5.74, 6) is 1.50. The maximum absolute atomic E-state index is 5.76. The predicted molar refractivity (Wildman–Crippen MR) is 86.8 cm³/mol. The first kappa shape index (κ1) is 18.2. The molecule has 21 heavy (non-hydrogen) atoms. The molecule has 0 aliphatic carbocycles. The maximum Gasteiger partial charge on any atom is 0.500 e. The lowest BCUT2D eigenvalue weighted by Crippen LogP contribution is -2.42. The van der Waals surface area contributed by atoms with Crippen molar-refractivity contribution in [2.45, 2.75) is 38.7 Å². The average Bonchev–Trinajstić information content (AvgIpc) is 2.55. The Bertz CT molecular complexity index is 382. The Morgan fingerprint density at radius 1 is 1.00 bits per heavy atom. The highest BCUT2D eigenvalue weighted by Gasteiger charge is 2.36. The van der Waals surface area contributed by atoms with Crippen molar-refractivity contribution in [1.82, 2.24) is 0 Å². The third-order valence-corrected chi connectivity index (χ3v) is 6.72. The van der Waals surface area contributed by atoms with Gasteiger partial charge < -0.3 is 18.0 Å². The molecule has 120 valence electrons. The first-order valence-electron chi connectivity index (χ1n) is 7.49. The average molecular weight is 312 g/mol. The van der Waals surface area contributed by atoms with Crippen molar-refractivity contribution >= 4 is 8.80 Å². The largest absolute Gasteiger partial charge is 0.500 e. The quantitative estimate of drug-likeness (QED) is 0.486. The van der Waals surface area contributed by atoms with Crippen molar-refractivity contribution in [3.63, 3.8) is 0 Å². The van der Waals surface area contributed by atoms with Crippen LogP contribution in [0.2, 0.25) is 6.04 Å². The first-order chi connectivity index (χ1) is 10.1. The van der Waals surface area contributed by atoms with Crippen molar-refractivity contribution in [3.05, 3.63) is 29.8 Å². The lowest BCUT2D eigenvalue weighted by molar-refractivity contribution is 0.121. The number of rotatable bonds is 10. The molecule has 0 aliphatic heterocycles. The van der Waals surface area contributed by atoms with Gasteiger partial charge >= 0.3 is 8.80 Å². The van der Waals surface area contributed by atoms with Gasteiger partial charge in [-0.05, 0) is 36.5 Å². The molecule has 1 aromatic rings. The number of hydrogen-bond acceptors (Lipinski definition) is 4. The summed E-state index contributed by atoms with van der Waals surface area (Å²) in [7, 11) is 2.43. The molecule has 0 radical (unpaired) electrons. The summed E-state index contributed by atoms with van der Waals surface area (Å²) in [6, 6.07) is 9.11. The monoisotopic (exact) mass is 312 g/mol. The smallest absolute Gasteiger partial charge is 0.494 e. The Hall–Kier alpha value is -0.883. The molecule has 1 aromatic carbocycles. The number of ether oxygens (including phenoxy) is 1. The molecule has 0 spiro atoms. The summed E-state index contributed by atoms with van der Waals surface area (Å²) in [5, 5.41) is 0. The van der Waals surface area contributed by atoms with E-state index in [2.05, 4.69) is 26.0 Å². The second-order valence-electron chi connectivity index (χ2n) is 5.13. The molecule has 0 amide bonds. The molecule has 0 bridgehead atoms. The van der Waals surface area contributed by atoms with Gasteiger partial charge in [-0.3, -0.25) is 0 Å². The maximum atomic E-state index is 5.76. The van der Waals surface area contributed by atoms with Gasteiger partial charge in [0, 0.05) is 27.4 Å². The van der Waals surface area contributed by atoms with Gasteiger partial charge in [0.1, 0.15) is 5.75 Å². The Balaban J connectivity index is 2.39. The van der Waals surface area contributed by atoms with E-state index in [4.69, 9.17) is 18.0 Å². The molecule has 0 aliphatic rings. The van der Waals surface area contributed by atoms with Crippen LogP contribution in [0.5, 0.6) is 5.75 Å². The minimum atomic E-state index is -2.46. The van der Waals surface area contributed by atoms with Crippen LogP contribution in [0.15, 0.2) is 24.3 Å².